The second-order valence-corrected chi connectivity index (χ2v) is 6.75. The van der Waals surface area contributed by atoms with Crippen LogP contribution in [0.25, 0.3) is 11.0 Å². The summed E-state index contributed by atoms with van der Waals surface area (Å²) in [5.41, 5.74) is 1.48. The first-order valence-electron chi connectivity index (χ1n) is 8.61. The molecule has 0 atom stereocenters. The fraction of sp³-hybridized carbons (Fsp3) is 0.389. The molecule has 6 nitrogen and oxygen atoms in total. The predicted octanol–water partition coefficient (Wildman–Crippen LogP) is 3.90. The number of nitrogens with zero attached hydrogens (tertiary/aromatic N) is 3. The van der Waals surface area contributed by atoms with Crippen molar-refractivity contribution in [2.24, 2.45) is 0 Å². The molecule has 0 radical (unpaired) electrons. The van der Waals surface area contributed by atoms with Gasteiger partial charge in [0.05, 0.1) is 16.7 Å². The van der Waals surface area contributed by atoms with Gasteiger partial charge in [0, 0.05) is 30.8 Å². The molecular weight excluding hydrogens is 361 g/mol. The number of hydrogen-bond acceptors (Lipinski definition) is 4. The lowest BCUT2D eigenvalue weighted by molar-refractivity contribution is -0.140. The van der Waals surface area contributed by atoms with Crippen LogP contribution < -0.4 is 0 Å². The minimum Gasteiger partial charge on any atom is -0.357 e. The maximum absolute atomic E-state index is 12.8. The van der Waals surface area contributed by atoms with Crippen molar-refractivity contribution in [1.29, 1.82) is 0 Å². The summed E-state index contributed by atoms with van der Waals surface area (Å²) in [7, 11) is 0. The van der Waals surface area contributed by atoms with Crippen LogP contribution in [0.5, 0.6) is 0 Å². The Morgan fingerprint density at radius 1 is 1.26 bits per heavy atom. The van der Waals surface area contributed by atoms with Gasteiger partial charge in [0.1, 0.15) is 5.69 Å². The molecule has 27 heavy (non-hydrogen) atoms. The van der Waals surface area contributed by atoms with E-state index < -0.39 is 11.9 Å². The van der Waals surface area contributed by atoms with E-state index in [0.29, 0.717) is 42.7 Å². The van der Waals surface area contributed by atoms with Gasteiger partial charge in [-0.25, -0.2) is 4.98 Å². The number of carbonyl (C=O) groups excluding carboxylic acids is 1. The second kappa shape index (κ2) is 6.40. The molecule has 3 aromatic heterocycles. The van der Waals surface area contributed by atoms with Gasteiger partial charge < -0.3 is 14.4 Å². The number of fused-ring (bicyclic) bond motifs is 1. The van der Waals surface area contributed by atoms with Gasteiger partial charge in [0.2, 0.25) is 5.76 Å². The average Bonchev–Trinajstić information content (AvgIpc) is 3.26. The van der Waals surface area contributed by atoms with Crippen LogP contribution >= 0.6 is 0 Å². The summed E-state index contributed by atoms with van der Waals surface area (Å²) >= 11 is 0. The van der Waals surface area contributed by atoms with Crippen molar-refractivity contribution in [3.63, 3.8) is 0 Å². The van der Waals surface area contributed by atoms with Gasteiger partial charge >= 0.3 is 6.18 Å². The highest BCUT2D eigenvalue weighted by Crippen LogP contribution is 2.32. The van der Waals surface area contributed by atoms with Crippen molar-refractivity contribution >= 4 is 16.9 Å². The number of carbonyl (C=O) groups is 1. The van der Waals surface area contributed by atoms with Crippen LogP contribution in [-0.2, 0) is 6.18 Å². The highest BCUT2D eigenvalue weighted by Gasteiger charge is 2.33. The van der Waals surface area contributed by atoms with Crippen LogP contribution in [0, 0.1) is 6.92 Å². The van der Waals surface area contributed by atoms with Gasteiger partial charge in [0.15, 0.2) is 0 Å². The Labute approximate surface area is 152 Å². The van der Waals surface area contributed by atoms with Crippen molar-refractivity contribution in [2.75, 3.05) is 13.1 Å². The minimum atomic E-state index is -4.46. The molecular formula is C18H17F3N4O2. The molecule has 0 saturated carbocycles. The first-order valence-corrected chi connectivity index (χ1v) is 8.61. The molecule has 0 unspecified atom stereocenters. The fourth-order valence-electron chi connectivity index (χ4n) is 3.42. The van der Waals surface area contributed by atoms with Gasteiger partial charge in [-0.2, -0.15) is 13.2 Å². The molecule has 9 heteroatoms. The molecule has 4 rings (SSSR count). The first kappa shape index (κ1) is 17.6. The Hall–Kier alpha value is -2.84. The van der Waals surface area contributed by atoms with Gasteiger partial charge in [-0.1, -0.05) is 5.16 Å². The Morgan fingerprint density at radius 2 is 2.00 bits per heavy atom. The van der Waals surface area contributed by atoms with Crippen molar-refractivity contribution < 1.29 is 22.5 Å². The average molecular weight is 378 g/mol. The van der Waals surface area contributed by atoms with E-state index in [1.54, 1.807) is 24.0 Å². The Balaban J connectivity index is 1.47. The largest absolute Gasteiger partial charge is 0.433 e. The van der Waals surface area contributed by atoms with Gasteiger partial charge in [-0.3, -0.25) is 4.79 Å². The maximum atomic E-state index is 12.8. The van der Waals surface area contributed by atoms with Crippen LogP contribution in [0.2, 0.25) is 0 Å². The van der Waals surface area contributed by atoms with Crippen LogP contribution in [0.3, 0.4) is 0 Å². The third-order valence-electron chi connectivity index (χ3n) is 4.85. The number of H-pyrrole nitrogens is 1. The number of pyridine rings is 1. The van der Waals surface area contributed by atoms with Gasteiger partial charge in [0.25, 0.3) is 5.91 Å². The Morgan fingerprint density at radius 3 is 2.63 bits per heavy atom. The lowest BCUT2D eigenvalue weighted by atomic mass is 9.93. The first-order chi connectivity index (χ1) is 12.8. The summed E-state index contributed by atoms with van der Waals surface area (Å²) < 4.78 is 43.5. The third kappa shape index (κ3) is 3.41. The minimum absolute atomic E-state index is 0.133. The molecule has 4 heterocycles. The number of piperidine rings is 1. The Kier molecular flexibility index (Phi) is 4.16. The summed E-state index contributed by atoms with van der Waals surface area (Å²) in [5.74, 6) is 0.164. The summed E-state index contributed by atoms with van der Waals surface area (Å²) in [4.78, 5) is 21.0. The van der Waals surface area contributed by atoms with E-state index in [0.717, 1.165) is 11.8 Å². The van der Waals surface area contributed by atoms with Crippen LogP contribution in [-0.4, -0.2) is 39.0 Å². The summed E-state index contributed by atoms with van der Waals surface area (Å²) in [5, 5.41) is 3.73. The number of hydrogen-bond donors (Lipinski definition) is 1. The molecule has 1 fully saturated rings. The number of alkyl halides is 3. The molecule has 0 bridgehead atoms. The maximum Gasteiger partial charge on any atom is 0.433 e. The Bertz CT molecular complexity index is 984. The summed E-state index contributed by atoms with van der Waals surface area (Å²) in [6, 6.07) is 5.66. The molecule has 1 saturated heterocycles. The summed E-state index contributed by atoms with van der Waals surface area (Å²) in [6.45, 7) is 2.83. The van der Waals surface area contributed by atoms with Crippen molar-refractivity contribution in [2.45, 2.75) is 31.9 Å². The number of nitrogens with one attached hydrogen (secondary N) is 1. The normalized spacial score (nSPS) is 16.2. The number of aromatic amines is 1. The second-order valence-electron chi connectivity index (χ2n) is 6.75. The number of rotatable bonds is 2. The summed E-state index contributed by atoms with van der Waals surface area (Å²) in [6.07, 6.45) is -3.05. The third-order valence-corrected chi connectivity index (χ3v) is 4.85. The number of halogens is 3. The molecule has 1 aliphatic rings. The molecule has 0 spiro atoms. The van der Waals surface area contributed by atoms with Crippen LogP contribution in [0.1, 0.15) is 46.4 Å². The van der Waals surface area contributed by atoms with Crippen LogP contribution in [0.15, 0.2) is 28.8 Å². The van der Waals surface area contributed by atoms with Crippen molar-refractivity contribution in [1.82, 2.24) is 20.0 Å². The van der Waals surface area contributed by atoms with Gasteiger partial charge in [-0.05, 0) is 38.0 Å². The molecule has 1 N–H and O–H groups in total. The van der Waals surface area contributed by atoms with Crippen molar-refractivity contribution in [3.8, 4) is 0 Å². The molecule has 0 aliphatic carbocycles. The lowest BCUT2D eigenvalue weighted by Crippen LogP contribution is -2.37. The van der Waals surface area contributed by atoms with E-state index in [-0.39, 0.29) is 17.6 Å². The number of amides is 1. The molecule has 1 amide bonds. The standard InChI is InChI=1S/C18H17F3N4O2/c1-10-8-15(27-24-10)17(26)25-6-4-11(5-7-25)13-9-14-12(22-13)2-3-16(23-14)18(19,20)21/h2-3,8-9,11,22H,4-7H2,1H3. The lowest BCUT2D eigenvalue weighted by Gasteiger charge is -2.30. The van der Waals surface area contributed by atoms with E-state index >= 15 is 0 Å². The van der Waals surface area contributed by atoms with E-state index in [1.807, 2.05) is 0 Å². The number of likely N-dealkylation sites (tertiary alicyclic amines) is 1. The van der Waals surface area contributed by atoms with E-state index in [2.05, 4.69) is 15.1 Å². The van der Waals surface area contributed by atoms with Crippen LogP contribution in [0.4, 0.5) is 13.2 Å². The van der Waals surface area contributed by atoms with E-state index in [9.17, 15) is 18.0 Å². The highest BCUT2D eigenvalue weighted by atomic mass is 19.4. The monoisotopic (exact) mass is 378 g/mol. The number of aromatic nitrogens is 3. The SMILES string of the molecule is Cc1cc(C(=O)N2CCC(c3cc4nc(C(F)(F)F)ccc4[nH]3)CC2)on1. The molecule has 1 aliphatic heterocycles. The van der Waals surface area contributed by atoms with Gasteiger partial charge in [-0.15, -0.1) is 0 Å². The highest BCUT2D eigenvalue weighted by molar-refractivity contribution is 5.91. The molecule has 142 valence electrons. The molecule has 0 aromatic carbocycles. The van der Waals surface area contributed by atoms with Crippen molar-refractivity contribution in [3.05, 3.63) is 47.1 Å². The number of aryl methyl sites for hydroxylation is 1. The zero-order valence-electron chi connectivity index (χ0n) is 14.5. The zero-order chi connectivity index (χ0) is 19.2. The quantitative estimate of drug-likeness (QED) is 0.734. The van der Waals surface area contributed by atoms with E-state index in [4.69, 9.17) is 4.52 Å². The smallest absolute Gasteiger partial charge is 0.357 e. The molecule has 3 aromatic rings. The predicted molar refractivity (Wildman–Crippen MR) is 90.2 cm³/mol. The fourth-order valence-corrected chi connectivity index (χ4v) is 3.42. The van der Waals surface area contributed by atoms with E-state index in [1.165, 1.54) is 6.07 Å². The topological polar surface area (TPSA) is 75.0 Å². The zero-order valence-corrected chi connectivity index (χ0v) is 14.5.